The van der Waals surface area contributed by atoms with E-state index in [1.807, 2.05) is 61.5 Å². The van der Waals surface area contributed by atoms with Crippen molar-refractivity contribution in [2.24, 2.45) is 5.10 Å². The molecule has 106 valence electrons. The molecule has 0 atom stereocenters. The molecule has 0 aromatic heterocycles. The Morgan fingerprint density at radius 2 is 1.76 bits per heavy atom. The van der Waals surface area contributed by atoms with Crippen molar-refractivity contribution in [2.75, 3.05) is 0 Å². The molecule has 4 heteroatoms. The monoisotopic (exact) mass is 390 g/mol. The highest BCUT2D eigenvalue weighted by Crippen LogP contribution is 2.11. The van der Waals surface area contributed by atoms with E-state index in [-0.39, 0.29) is 5.91 Å². The summed E-state index contributed by atoms with van der Waals surface area (Å²) in [6, 6.07) is 17.4. The van der Waals surface area contributed by atoms with Gasteiger partial charge in [0.25, 0.3) is 5.91 Å². The Labute approximate surface area is 137 Å². The number of nitrogens with zero attached hydrogens (tertiary/aromatic N) is 1. The van der Waals surface area contributed by atoms with E-state index < -0.39 is 0 Å². The summed E-state index contributed by atoms with van der Waals surface area (Å²) in [5.74, 6) is -0.205. The van der Waals surface area contributed by atoms with E-state index in [0.29, 0.717) is 5.56 Å². The number of hydrogen-bond donors (Lipinski definition) is 1. The van der Waals surface area contributed by atoms with Gasteiger partial charge in [0, 0.05) is 3.57 Å². The number of hydrogen-bond acceptors (Lipinski definition) is 2. The number of rotatable bonds is 4. The van der Waals surface area contributed by atoms with Crippen molar-refractivity contribution in [3.8, 4) is 0 Å². The van der Waals surface area contributed by atoms with Crippen molar-refractivity contribution in [1.29, 1.82) is 0 Å². The molecule has 2 aromatic carbocycles. The predicted octanol–water partition coefficient (Wildman–Crippen LogP) is 4.11. The molecule has 0 spiro atoms. The van der Waals surface area contributed by atoms with Gasteiger partial charge < -0.3 is 0 Å². The summed E-state index contributed by atoms with van der Waals surface area (Å²) in [4.78, 5) is 12.0. The molecule has 1 N–H and O–H groups in total. The van der Waals surface area contributed by atoms with Crippen LogP contribution in [0.2, 0.25) is 0 Å². The third-order valence-electron chi connectivity index (χ3n) is 2.75. The summed E-state index contributed by atoms with van der Waals surface area (Å²) < 4.78 is 0.902. The molecule has 0 unspecified atom stereocenters. The Kier molecular flexibility index (Phi) is 5.68. The van der Waals surface area contributed by atoms with Crippen LogP contribution in [0.1, 0.15) is 22.8 Å². The number of halogens is 1. The number of hydrazone groups is 1. The van der Waals surface area contributed by atoms with Gasteiger partial charge in [-0.05, 0) is 52.8 Å². The van der Waals surface area contributed by atoms with Crippen LogP contribution >= 0.6 is 22.6 Å². The van der Waals surface area contributed by atoms with Gasteiger partial charge in [-0.1, -0.05) is 48.5 Å². The van der Waals surface area contributed by atoms with E-state index in [1.165, 1.54) is 0 Å². The third-order valence-corrected chi connectivity index (χ3v) is 3.69. The highest BCUT2D eigenvalue weighted by atomic mass is 127. The third kappa shape index (κ3) is 4.82. The highest BCUT2D eigenvalue weighted by molar-refractivity contribution is 14.1. The first kappa shape index (κ1) is 15.4. The average Bonchev–Trinajstić information content (AvgIpc) is 2.48. The largest absolute Gasteiger partial charge is 0.272 e. The van der Waals surface area contributed by atoms with Gasteiger partial charge in [-0.3, -0.25) is 4.79 Å². The average molecular weight is 390 g/mol. The first-order chi connectivity index (χ1) is 10.2. The molecule has 0 saturated heterocycles. The minimum Gasteiger partial charge on any atom is -0.267 e. The van der Waals surface area contributed by atoms with Gasteiger partial charge in [-0.15, -0.1) is 0 Å². The first-order valence-corrected chi connectivity index (χ1v) is 7.56. The second kappa shape index (κ2) is 7.73. The van der Waals surface area contributed by atoms with Gasteiger partial charge in [0.05, 0.1) is 11.8 Å². The minimum atomic E-state index is -0.205. The van der Waals surface area contributed by atoms with Gasteiger partial charge in [0.1, 0.15) is 0 Å². The van der Waals surface area contributed by atoms with E-state index in [1.54, 1.807) is 12.3 Å². The summed E-state index contributed by atoms with van der Waals surface area (Å²) >= 11 is 2.13. The molecular weight excluding hydrogens is 375 g/mol. The molecule has 0 aliphatic carbocycles. The summed E-state index contributed by atoms with van der Waals surface area (Å²) in [5.41, 5.74) is 5.23. The van der Waals surface area contributed by atoms with Crippen LogP contribution in [0.5, 0.6) is 0 Å². The van der Waals surface area contributed by atoms with Gasteiger partial charge >= 0.3 is 0 Å². The molecule has 0 saturated carbocycles. The Morgan fingerprint density at radius 3 is 2.48 bits per heavy atom. The Bertz CT molecular complexity index is 678. The van der Waals surface area contributed by atoms with Gasteiger partial charge in [0.15, 0.2) is 0 Å². The molecule has 21 heavy (non-hydrogen) atoms. The summed E-state index contributed by atoms with van der Waals surface area (Å²) in [7, 11) is 0. The summed E-state index contributed by atoms with van der Waals surface area (Å²) in [5, 5.41) is 3.99. The predicted molar refractivity (Wildman–Crippen MR) is 95.2 cm³/mol. The minimum absolute atomic E-state index is 0.205. The lowest BCUT2D eigenvalue weighted by atomic mass is 10.1. The van der Waals surface area contributed by atoms with Crippen LogP contribution in [0, 0.1) is 3.57 Å². The number of carbonyl (C=O) groups excluding carboxylic acids is 1. The van der Waals surface area contributed by atoms with Gasteiger partial charge in [-0.25, -0.2) is 5.43 Å². The number of nitrogens with one attached hydrogen (secondary N) is 1. The lowest BCUT2D eigenvalue weighted by Crippen LogP contribution is -2.18. The topological polar surface area (TPSA) is 41.5 Å². The zero-order valence-corrected chi connectivity index (χ0v) is 13.7. The van der Waals surface area contributed by atoms with E-state index in [9.17, 15) is 4.79 Å². The first-order valence-electron chi connectivity index (χ1n) is 6.48. The highest BCUT2D eigenvalue weighted by Gasteiger charge is 2.07. The molecule has 2 rings (SSSR count). The Morgan fingerprint density at radius 1 is 1.10 bits per heavy atom. The van der Waals surface area contributed by atoms with Crippen LogP contribution in [0.4, 0.5) is 0 Å². The second-order valence-corrected chi connectivity index (χ2v) is 5.64. The number of allylic oxidation sites excluding steroid dienone is 1. The Balaban J connectivity index is 1.98. The zero-order chi connectivity index (χ0) is 15.1. The number of benzene rings is 2. The van der Waals surface area contributed by atoms with Crippen molar-refractivity contribution in [3.05, 3.63) is 74.9 Å². The van der Waals surface area contributed by atoms with E-state index in [2.05, 4.69) is 33.1 Å². The number of carbonyl (C=O) groups is 1. The molecule has 0 fully saturated rings. The van der Waals surface area contributed by atoms with Crippen LogP contribution < -0.4 is 5.43 Å². The fourth-order valence-electron chi connectivity index (χ4n) is 1.75. The molecule has 1 amide bonds. The van der Waals surface area contributed by atoms with Crippen LogP contribution in [-0.2, 0) is 0 Å². The van der Waals surface area contributed by atoms with Gasteiger partial charge in [0.2, 0.25) is 0 Å². The van der Waals surface area contributed by atoms with E-state index >= 15 is 0 Å². The maximum Gasteiger partial charge on any atom is 0.272 e. The molecule has 0 bridgehead atoms. The van der Waals surface area contributed by atoms with Crippen molar-refractivity contribution >= 4 is 40.8 Å². The standard InChI is InChI=1S/C17H15IN2O/c1-13(11-14-7-3-2-4-8-14)12-19-20-17(21)15-9-5-6-10-16(15)18/h2-12H,1H3,(H,20,21)/b13-11-,19-12+. The fraction of sp³-hybridized carbons (Fsp3) is 0.0588. The Hall–Kier alpha value is -1.95. The van der Waals surface area contributed by atoms with E-state index in [0.717, 1.165) is 14.7 Å². The van der Waals surface area contributed by atoms with Crippen LogP contribution in [0.3, 0.4) is 0 Å². The number of amides is 1. The molecule has 0 radical (unpaired) electrons. The van der Waals surface area contributed by atoms with Crippen molar-refractivity contribution in [2.45, 2.75) is 6.92 Å². The maximum atomic E-state index is 12.0. The second-order valence-electron chi connectivity index (χ2n) is 4.48. The quantitative estimate of drug-likeness (QED) is 0.477. The fourth-order valence-corrected chi connectivity index (χ4v) is 2.38. The molecular formula is C17H15IN2O. The summed E-state index contributed by atoms with van der Waals surface area (Å²) in [6.45, 7) is 1.94. The van der Waals surface area contributed by atoms with Crippen molar-refractivity contribution in [3.63, 3.8) is 0 Å². The van der Waals surface area contributed by atoms with Crippen LogP contribution in [0.25, 0.3) is 6.08 Å². The zero-order valence-electron chi connectivity index (χ0n) is 11.6. The molecule has 2 aromatic rings. The summed E-state index contributed by atoms with van der Waals surface area (Å²) in [6.07, 6.45) is 3.64. The maximum absolute atomic E-state index is 12.0. The normalized spacial score (nSPS) is 11.6. The lowest BCUT2D eigenvalue weighted by molar-refractivity contribution is 0.0954. The van der Waals surface area contributed by atoms with E-state index in [4.69, 9.17) is 0 Å². The van der Waals surface area contributed by atoms with Crippen molar-refractivity contribution in [1.82, 2.24) is 5.43 Å². The van der Waals surface area contributed by atoms with Crippen LogP contribution in [-0.4, -0.2) is 12.1 Å². The van der Waals surface area contributed by atoms with Crippen LogP contribution in [0.15, 0.2) is 65.3 Å². The molecule has 0 heterocycles. The smallest absolute Gasteiger partial charge is 0.267 e. The molecule has 0 aliphatic heterocycles. The van der Waals surface area contributed by atoms with Crippen molar-refractivity contribution < 1.29 is 4.79 Å². The molecule has 0 aliphatic rings. The lowest BCUT2D eigenvalue weighted by Gasteiger charge is -2.02. The molecule has 3 nitrogen and oxygen atoms in total. The SMILES string of the molecule is CC(=C/c1ccccc1)/C=N/NC(=O)c1ccccc1I. The van der Waals surface area contributed by atoms with Gasteiger partial charge in [-0.2, -0.15) is 5.10 Å².